The number of hydrogen-bond acceptors (Lipinski definition) is 4. The maximum atomic E-state index is 12.3. The Bertz CT molecular complexity index is 830. The smallest absolute Gasteiger partial charge is 0.387 e. The number of nitrogens with one attached hydrogen (secondary N) is 1. The molecule has 2 aromatic carbocycles. The molecule has 0 spiro atoms. The molecule has 3 rings (SSSR count). The van der Waals surface area contributed by atoms with Crippen molar-refractivity contribution in [2.45, 2.75) is 45.8 Å². The molecule has 1 saturated heterocycles. The molecule has 1 heterocycles. The van der Waals surface area contributed by atoms with E-state index in [0.29, 0.717) is 19.5 Å². The molecule has 0 atom stereocenters. The predicted molar refractivity (Wildman–Crippen MR) is 116 cm³/mol. The van der Waals surface area contributed by atoms with Gasteiger partial charge in [0.2, 0.25) is 5.91 Å². The largest absolute Gasteiger partial charge is 0.490 e. The first-order chi connectivity index (χ1) is 14.9. The molecular weight excluding hydrogens is 402 g/mol. The number of carbonyl (C=O) groups excluding carboxylic acids is 1. The van der Waals surface area contributed by atoms with Gasteiger partial charge in [-0.25, -0.2) is 0 Å². The summed E-state index contributed by atoms with van der Waals surface area (Å²) in [5.41, 5.74) is 3.25. The van der Waals surface area contributed by atoms with Gasteiger partial charge in [0.1, 0.15) is 17.6 Å². The van der Waals surface area contributed by atoms with Crippen LogP contribution in [0, 0.1) is 13.8 Å². The highest BCUT2D eigenvalue weighted by Crippen LogP contribution is 2.26. The van der Waals surface area contributed by atoms with Crippen LogP contribution in [-0.2, 0) is 11.2 Å². The summed E-state index contributed by atoms with van der Waals surface area (Å²) in [5.74, 6) is 1.10. The molecule has 31 heavy (non-hydrogen) atoms. The van der Waals surface area contributed by atoms with Gasteiger partial charge in [0.15, 0.2) is 0 Å². The van der Waals surface area contributed by atoms with Gasteiger partial charge in [-0.05, 0) is 61.9 Å². The summed E-state index contributed by atoms with van der Waals surface area (Å²) in [7, 11) is 0. The summed E-state index contributed by atoms with van der Waals surface area (Å²) in [4.78, 5) is 14.4. The Labute approximate surface area is 182 Å². The third-order valence-corrected chi connectivity index (χ3v) is 5.48. The van der Waals surface area contributed by atoms with Crippen molar-refractivity contribution in [1.29, 1.82) is 0 Å². The van der Waals surface area contributed by atoms with Crippen LogP contribution in [0.3, 0.4) is 0 Å². The number of carbonyl (C=O) groups is 1. The Kier molecular flexibility index (Phi) is 8.23. The SMILES string of the molecule is Cc1cccc(C)c1OC1CCN(CC(=O)NCCc2ccc(OC(F)F)cc2)CC1. The maximum absolute atomic E-state index is 12.3. The third-order valence-electron chi connectivity index (χ3n) is 5.48. The van der Waals surface area contributed by atoms with E-state index < -0.39 is 6.61 Å². The van der Waals surface area contributed by atoms with E-state index in [9.17, 15) is 13.6 Å². The van der Waals surface area contributed by atoms with Gasteiger partial charge in [-0.2, -0.15) is 8.78 Å². The van der Waals surface area contributed by atoms with Gasteiger partial charge in [-0.1, -0.05) is 30.3 Å². The Balaban J connectivity index is 1.34. The molecule has 7 heteroatoms. The number of ether oxygens (including phenoxy) is 2. The summed E-state index contributed by atoms with van der Waals surface area (Å²) in [6.45, 7) is 3.83. The van der Waals surface area contributed by atoms with Crippen LogP contribution in [0.2, 0.25) is 0 Å². The fourth-order valence-electron chi connectivity index (χ4n) is 3.78. The summed E-state index contributed by atoms with van der Waals surface area (Å²) in [6, 6.07) is 12.6. The Morgan fingerprint density at radius 2 is 1.74 bits per heavy atom. The van der Waals surface area contributed by atoms with E-state index in [1.807, 2.05) is 6.07 Å². The molecule has 168 valence electrons. The highest BCUT2D eigenvalue weighted by Gasteiger charge is 2.22. The van der Waals surface area contributed by atoms with E-state index in [-0.39, 0.29) is 17.8 Å². The predicted octanol–water partition coefficient (Wildman–Crippen LogP) is 4.11. The van der Waals surface area contributed by atoms with Gasteiger partial charge >= 0.3 is 6.61 Å². The second-order valence-corrected chi connectivity index (χ2v) is 7.94. The lowest BCUT2D eigenvalue weighted by Crippen LogP contribution is -2.44. The Morgan fingerprint density at radius 1 is 1.10 bits per heavy atom. The average Bonchev–Trinajstić information content (AvgIpc) is 2.73. The van der Waals surface area contributed by atoms with Gasteiger partial charge in [0.25, 0.3) is 0 Å². The monoisotopic (exact) mass is 432 g/mol. The fourth-order valence-corrected chi connectivity index (χ4v) is 3.78. The van der Waals surface area contributed by atoms with Crippen molar-refractivity contribution in [3.63, 3.8) is 0 Å². The van der Waals surface area contributed by atoms with Crippen LogP contribution in [0.4, 0.5) is 8.78 Å². The lowest BCUT2D eigenvalue weighted by Gasteiger charge is -2.32. The topological polar surface area (TPSA) is 50.8 Å². The number of benzene rings is 2. The number of nitrogens with zero attached hydrogens (tertiary/aromatic N) is 1. The first kappa shape index (κ1) is 23.0. The van der Waals surface area contributed by atoms with Crippen LogP contribution in [0.15, 0.2) is 42.5 Å². The zero-order chi connectivity index (χ0) is 22.2. The quantitative estimate of drug-likeness (QED) is 0.648. The summed E-state index contributed by atoms with van der Waals surface area (Å²) in [6.07, 6.45) is 2.60. The number of aryl methyl sites for hydroxylation is 2. The number of para-hydroxylation sites is 1. The minimum absolute atomic E-state index is 0.00762. The second kappa shape index (κ2) is 11.1. The van der Waals surface area contributed by atoms with E-state index in [0.717, 1.165) is 48.4 Å². The molecule has 0 aromatic heterocycles. The maximum Gasteiger partial charge on any atom is 0.387 e. The second-order valence-electron chi connectivity index (χ2n) is 7.94. The van der Waals surface area contributed by atoms with Gasteiger partial charge < -0.3 is 14.8 Å². The molecule has 1 N–H and O–H groups in total. The Hall–Kier alpha value is -2.67. The van der Waals surface area contributed by atoms with Gasteiger partial charge in [-0.3, -0.25) is 9.69 Å². The number of piperidine rings is 1. The molecule has 0 bridgehead atoms. The van der Waals surface area contributed by atoms with Crippen molar-refractivity contribution in [2.24, 2.45) is 0 Å². The first-order valence-electron chi connectivity index (χ1n) is 10.7. The van der Waals surface area contributed by atoms with Gasteiger partial charge in [0.05, 0.1) is 6.54 Å². The van der Waals surface area contributed by atoms with E-state index in [1.165, 1.54) is 12.1 Å². The highest BCUT2D eigenvalue weighted by atomic mass is 19.3. The van der Waals surface area contributed by atoms with E-state index >= 15 is 0 Å². The van der Waals surface area contributed by atoms with Gasteiger partial charge in [0, 0.05) is 19.6 Å². The fraction of sp³-hybridized carbons (Fsp3) is 0.458. The number of alkyl halides is 2. The highest BCUT2D eigenvalue weighted by molar-refractivity contribution is 5.78. The standard InChI is InChI=1S/C24H30F2N2O3/c1-17-4-3-5-18(2)23(17)30-21-11-14-28(15-12-21)16-22(29)27-13-10-19-6-8-20(9-7-19)31-24(25)26/h3-9,21,24H,10-16H2,1-2H3,(H,27,29). The molecule has 1 aliphatic rings. The molecular formula is C24H30F2N2O3. The molecule has 1 fully saturated rings. The molecule has 0 aliphatic carbocycles. The summed E-state index contributed by atoms with van der Waals surface area (Å²) < 4.78 is 34.9. The van der Waals surface area contributed by atoms with Crippen LogP contribution >= 0.6 is 0 Å². The number of rotatable bonds is 9. The molecule has 1 amide bonds. The van der Waals surface area contributed by atoms with Crippen LogP contribution in [-0.4, -0.2) is 49.7 Å². The van der Waals surface area contributed by atoms with Crippen LogP contribution in [0.5, 0.6) is 11.5 Å². The van der Waals surface area contributed by atoms with Crippen molar-refractivity contribution in [3.8, 4) is 11.5 Å². The molecule has 0 unspecified atom stereocenters. The molecule has 1 aliphatic heterocycles. The minimum atomic E-state index is -2.83. The van der Waals surface area contributed by atoms with Crippen molar-refractivity contribution >= 4 is 5.91 Å². The van der Waals surface area contributed by atoms with E-state index in [2.05, 4.69) is 40.9 Å². The van der Waals surface area contributed by atoms with Crippen LogP contribution < -0.4 is 14.8 Å². The lowest BCUT2D eigenvalue weighted by atomic mass is 10.1. The zero-order valence-corrected chi connectivity index (χ0v) is 18.1. The average molecular weight is 433 g/mol. The summed E-state index contributed by atoms with van der Waals surface area (Å²) in [5, 5.41) is 2.93. The third kappa shape index (κ3) is 7.21. The number of amides is 1. The number of hydrogen-bond donors (Lipinski definition) is 1. The lowest BCUT2D eigenvalue weighted by molar-refractivity contribution is -0.122. The van der Waals surface area contributed by atoms with Crippen LogP contribution in [0.25, 0.3) is 0 Å². The zero-order valence-electron chi connectivity index (χ0n) is 18.1. The summed E-state index contributed by atoms with van der Waals surface area (Å²) >= 11 is 0. The molecule has 0 saturated carbocycles. The van der Waals surface area contributed by atoms with Crippen molar-refractivity contribution in [3.05, 3.63) is 59.2 Å². The molecule has 0 radical (unpaired) electrons. The minimum Gasteiger partial charge on any atom is -0.490 e. The van der Waals surface area contributed by atoms with E-state index in [4.69, 9.17) is 4.74 Å². The Morgan fingerprint density at radius 3 is 2.35 bits per heavy atom. The van der Waals surface area contributed by atoms with Crippen molar-refractivity contribution < 1.29 is 23.0 Å². The van der Waals surface area contributed by atoms with Crippen molar-refractivity contribution in [2.75, 3.05) is 26.2 Å². The van der Waals surface area contributed by atoms with Crippen LogP contribution in [0.1, 0.15) is 29.5 Å². The normalized spacial score (nSPS) is 15.1. The first-order valence-corrected chi connectivity index (χ1v) is 10.7. The van der Waals surface area contributed by atoms with Gasteiger partial charge in [-0.15, -0.1) is 0 Å². The molecule has 2 aromatic rings. The van der Waals surface area contributed by atoms with E-state index in [1.54, 1.807) is 12.1 Å². The molecule has 5 nitrogen and oxygen atoms in total. The van der Waals surface area contributed by atoms with Crippen molar-refractivity contribution in [1.82, 2.24) is 10.2 Å². The number of halogens is 2. The number of likely N-dealkylation sites (tertiary alicyclic amines) is 1.